The van der Waals surface area contributed by atoms with Crippen LogP contribution in [0.2, 0.25) is 0 Å². The SMILES string of the molecule is CCCCC(CC)COc1ccncc1CO. The van der Waals surface area contributed by atoms with Crippen LogP contribution in [0.5, 0.6) is 5.75 Å². The number of hydrogen-bond donors (Lipinski definition) is 1. The zero-order valence-electron chi connectivity index (χ0n) is 10.9. The highest BCUT2D eigenvalue weighted by molar-refractivity contribution is 5.29. The molecule has 3 nitrogen and oxygen atoms in total. The minimum Gasteiger partial charge on any atom is -0.493 e. The van der Waals surface area contributed by atoms with Crippen molar-refractivity contribution in [3.8, 4) is 5.75 Å². The summed E-state index contributed by atoms with van der Waals surface area (Å²) in [5.74, 6) is 1.37. The lowest BCUT2D eigenvalue weighted by molar-refractivity contribution is 0.221. The summed E-state index contributed by atoms with van der Waals surface area (Å²) in [5.41, 5.74) is 0.762. The van der Waals surface area contributed by atoms with Gasteiger partial charge in [-0.3, -0.25) is 4.98 Å². The van der Waals surface area contributed by atoms with Gasteiger partial charge in [0.1, 0.15) is 5.75 Å². The van der Waals surface area contributed by atoms with Crippen LogP contribution in [0.25, 0.3) is 0 Å². The van der Waals surface area contributed by atoms with Crippen molar-refractivity contribution in [2.45, 2.75) is 46.1 Å². The number of unbranched alkanes of at least 4 members (excludes halogenated alkanes) is 1. The van der Waals surface area contributed by atoms with Crippen LogP contribution in [0.15, 0.2) is 18.5 Å². The van der Waals surface area contributed by atoms with E-state index in [9.17, 15) is 0 Å². The van der Waals surface area contributed by atoms with Crippen LogP contribution in [0.1, 0.15) is 45.1 Å². The highest BCUT2D eigenvalue weighted by atomic mass is 16.5. The summed E-state index contributed by atoms with van der Waals surface area (Å²) in [6.45, 7) is 5.12. The first kappa shape index (κ1) is 14.0. The Morgan fingerprint density at radius 1 is 1.41 bits per heavy atom. The second-order valence-corrected chi connectivity index (χ2v) is 4.37. The first-order chi connectivity index (χ1) is 8.31. The van der Waals surface area contributed by atoms with Gasteiger partial charge in [-0.15, -0.1) is 0 Å². The van der Waals surface area contributed by atoms with Crippen molar-refractivity contribution in [1.82, 2.24) is 4.98 Å². The minimum atomic E-state index is -0.0189. The molecule has 0 spiro atoms. The van der Waals surface area contributed by atoms with E-state index in [1.165, 1.54) is 19.3 Å². The molecule has 0 aliphatic carbocycles. The van der Waals surface area contributed by atoms with E-state index in [-0.39, 0.29) is 6.61 Å². The second-order valence-electron chi connectivity index (χ2n) is 4.37. The fourth-order valence-corrected chi connectivity index (χ4v) is 1.78. The second kappa shape index (κ2) is 8.07. The molecule has 0 bridgehead atoms. The molecule has 96 valence electrons. The van der Waals surface area contributed by atoms with Crippen LogP contribution in [-0.2, 0) is 6.61 Å². The van der Waals surface area contributed by atoms with Crippen LogP contribution >= 0.6 is 0 Å². The number of nitrogens with zero attached hydrogens (tertiary/aromatic N) is 1. The van der Waals surface area contributed by atoms with Crippen molar-refractivity contribution in [3.05, 3.63) is 24.0 Å². The first-order valence-electron chi connectivity index (χ1n) is 6.48. The van der Waals surface area contributed by atoms with Crippen molar-refractivity contribution in [3.63, 3.8) is 0 Å². The number of pyridine rings is 1. The molecule has 0 aliphatic rings. The predicted octanol–water partition coefficient (Wildman–Crippen LogP) is 3.17. The highest BCUT2D eigenvalue weighted by Gasteiger charge is 2.08. The molecule has 17 heavy (non-hydrogen) atoms. The Kier molecular flexibility index (Phi) is 6.63. The van der Waals surface area contributed by atoms with Crippen LogP contribution in [0.3, 0.4) is 0 Å². The summed E-state index contributed by atoms with van der Waals surface area (Å²) in [7, 11) is 0. The van der Waals surface area contributed by atoms with E-state index >= 15 is 0 Å². The Hall–Kier alpha value is -1.09. The zero-order valence-corrected chi connectivity index (χ0v) is 10.9. The van der Waals surface area contributed by atoms with Crippen LogP contribution in [0, 0.1) is 5.92 Å². The minimum absolute atomic E-state index is 0.0189. The molecule has 1 aromatic rings. The van der Waals surface area contributed by atoms with Crippen LogP contribution in [-0.4, -0.2) is 16.7 Å². The van der Waals surface area contributed by atoms with Gasteiger partial charge in [0.2, 0.25) is 0 Å². The topological polar surface area (TPSA) is 42.4 Å². The number of aliphatic hydroxyl groups is 1. The fraction of sp³-hybridized carbons (Fsp3) is 0.643. The third-order valence-corrected chi connectivity index (χ3v) is 3.05. The molecule has 1 rings (SSSR count). The number of hydrogen-bond acceptors (Lipinski definition) is 3. The van der Waals surface area contributed by atoms with Gasteiger partial charge in [0.05, 0.1) is 13.2 Å². The molecular weight excluding hydrogens is 214 g/mol. The summed E-state index contributed by atoms with van der Waals surface area (Å²) in [5, 5.41) is 9.16. The molecule has 1 N–H and O–H groups in total. The van der Waals surface area contributed by atoms with Crippen LogP contribution < -0.4 is 4.74 Å². The summed E-state index contributed by atoms with van der Waals surface area (Å²) >= 11 is 0. The summed E-state index contributed by atoms with van der Waals surface area (Å²) < 4.78 is 5.78. The van der Waals surface area contributed by atoms with Gasteiger partial charge in [-0.25, -0.2) is 0 Å². The van der Waals surface area contributed by atoms with Gasteiger partial charge in [-0.2, -0.15) is 0 Å². The summed E-state index contributed by atoms with van der Waals surface area (Å²) in [4.78, 5) is 3.97. The van der Waals surface area contributed by atoms with Gasteiger partial charge in [-0.1, -0.05) is 33.1 Å². The van der Waals surface area contributed by atoms with Gasteiger partial charge in [0.15, 0.2) is 0 Å². The van der Waals surface area contributed by atoms with E-state index in [1.807, 2.05) is 6.07 Å². The molecular formula is C14H23NO2. The van der Waals surface area contributed by atoms with Crippen LogP contribution in [0.4, 0.5) is 0 Å². The van der Waals surface area contributed by atoms with Gasteiger partial charge in [0.25, 0.3) is 0 Å². The maximum absolute atomic E-state index is 9.16. The van der Waals surface area contributed by atoms with Crippen molar-refractivity contribution in [1.29, 1.82) is 0 Å². The standard InChI is InChI=1S/C14H23NO2/c1-3-5-6-12(4-2)11-17-14-7-8-15-9-13(14)10-16/h7-9,12,16H,3-6,10-11H2,1-2H3. The van der Waals surface area contributed by atoms with Crippen molar-refractivity contribution in [2.75, 3.05) is 6.61 Å². The first-order valence-corrected chi connectivity index (χ1v) is 6.48. The van der Waals surface area contributed by atoms with E-state index in [4.69, 9.17) is 9.84 Å². The summed E-state index contributed by atoms with van der Waals surface area (Å²) in [6, 6.07) is 1.82. The average Bonchev–Trinajstić information content (AvgIpc) is 2.39. The Morgan fingerprint density at radius 2 is 2.24 bits per heavy atom. The van der Waals surface area contributed by atoms with E-state index in [2.05, 4.69) is 18.8 Å². The Labute approximate surface area is 104 Å². The molecule has 1 unspecified atom stereocenters. The largest absolute Gasteiger partial charge is 0.493 e. The predicted molar refractivity (Wildman–Crippen MR) is 69.0 cm³/mol. The molecule has 0 aliphatic heterocycles. The molecule has 0 radical (unpaired) electrons. The number of rotatable bonds is 8. The van der Waals surface area contributed by atoms with E-state index in [1.54, 1.807) is 12.4 Å². The fourth-order valence-electron chi connectivity index (χ4n) is 1.78. The number of ether oxygens (including phenoxy) is 1. The smallest absolute Gasteiger partial charge is 0.127 e. The highest BCUT2D eigenvalue weighted by Crippen LogP contribution is 2.19. The van der Waals surface area contributed by atoms with Crippen molar-refractivity contribution < 1.29 is 9.84 Å². The molecule has 1 aromatic heterocycles. The third kappa shape index (κ3) is 4.73. The number of aliphatic hydroxyl groups excluding tert-OH is 1. The molecule has 0 saturated heterocycles. The van der Waals surface area contributed by atoms with Gasteiger partial charge >= 0.3 is 0 Å². The summed E-state index contributed by atoms with van der Waals surface area (Å²) in [6.07, 6.45) is 8.19. The monoisotopic (exact) mass is 237 g/mol. The molecule has 3 heteroatoms. The van der Waals surface area contributed by atoms with Gasteiger partial charge in [0, 0.05) is 18.0 Å². The lowest BCUT2D eigenvalue weighted by atomic mass is 10.0. The number of aromatic nitrogens is 1. The Balaban J connectivity index is 2.47. The van der Waals surface area contributed by atoms with E-state index in [0.29, 0.717) is 5.92 Å². The Morgan fingerprint density at radius 3 is 2.88 bits per heavy atom. The molecule has 0 aromatic carbocycles. The average molecular weight is 237 g/mol. The molecule has 0 saturated carbocycles. The normalized spacial score (nSPS) is 12.4. The maximum Gasteiger partial charge on any atom is 0.127 e. The Bertz CT molecular complexity index is 315. The lowest BCUT2D eigenvalue weighted by Gasteiger charge is -2.16. The molecule has 0 amide bonds. The lowest BCUT2D eigenvalue weighted by Crippen LogP contribution is -2.12. The maximum atomic E-state index is 9.16. The molecule has 1 heterocycles. The third-order valence-electron chi connectivity index (χ3n) is 3.05. The van der Waals surface area contributed by atoms with Gasteiger partial charge in [-0.05, 0) is 18.4 Å². The zero-order chi connectivity index (χ0) is 12.5. The quantitative estimate of drug-likeness (QED) is 0.755. The van der Waals surface area contributed by atoms with Crippen molar-refractivity contribution >= 4 is 0 Å². The molecule has 0 fully saturated rings. The molecule has 1 atom stereocenters. The van der Waals surface area contributed by atoms with E-state index in [0.717, 1.165) is 24.3 Å². The van der Waals surface area contributed by atoms with E-state index < -0.39 is 0 Å². The van der Waals surface area contributed by atoms with Crippen molar-refractivity contribution in [2.24, 2.45) is 5.92 Å². The van der Waals surface area contributed by atoms with Gasteiger partial charge < -0.3 is 9.84 Å².